The third-order valence-electron chi connectivity index (χ3n) is 3.83. The molecule has 0 fully saturated rings. The largest absolute Gasteiger partial charge is 0.347 e. The van der Waals surface area contributed by atoms with Gasteiger partial charge in [0.25, 0.3) is 0 Å². The van der Waals surface area contributed by atoms with E-state index in [0.29, 0.717) is 5.02 Å². The van der Waals surface area contributed by atoms with Gasteiger partial charge in [-0.2, -0.15) is 5.10 Å². The highest BCUT2D eigenvalue weighted by molar-refractivity contribution is 6.30. The van der Waals surface area contributed by atoms with Crippen LogP contribution in [0.4, 0.5) is 0 Å². The molecule has 4 nitrogen and oxygen atoms in total. The number of para-hydroxylation sites is 1. The van der Waals surface area contributed by atoms with E-state index in [4.69, 9.17) is 11.6 Å². The number of amides is 1. The second kappa shape index (κ2) is 7.32. The number of halogens is 1. The summed E-state index contributed by atoms with van der Waals surface area (Å²) in [7, 11) is 0. The normalized spacial score (nSPS) is 11.2. The van der Waals surface area contributed by atoms with Crippen molar-refractivity contribution in [2.24, 2.45) is 5.10 Å². The third-order valence-corrected chi connectivity index (χ3v) is 4.08. The summed E-state index contributed by atoms with van der Waals surface area (Å²) in [5.74, 6) is -0.159. The van der Waals surface area contributed by atoms with Crippen molar-refractivity contribution in [3.63, 3.8) is 0 Å². The van der Waals surface area contributed by atoms with Gasteiger partial charge in [-0.25, -0.2) is 5.43 Å². The topological polar surface area (TPSA) is 46.4 Å². The average Bonchev–Trinajstić information content (AvgIpc) is 2.95. The maximum absolute atomic E-state index is 11.9. The molecule has 1 amide bonds. The zero-order valence-electron chi connectivity index (χ0n) is 13.4. The summed E-state index contributed by atoms with van der Waals surface area (Å²) in [4.78, 5) is 11.9. The number of hydrogen-bond acceptors (Lipinski definition) is 2. The Balaban J connectivity index is 1.68. The number of aryl methyl sites for hydroxylation is 1. The Morgan fingerprint density at radius 2 is 1.96 bits per heavy atom. The van der Waals surface area contributed by atoms with Crippen LogP contribution in [0.5, 0.6) is 0 Å². The highest BCUT2D eigenvalue weighted by Gasteiger charge is 2.05. The molecule has 1 N–H and O–H groups in total. The number of hydrogen-bond donors (Lipinski definition) is 1. The van der Waals surface area contributed by atoms with Crippen LogP contribution in [0.25, 0.3) is 10.9 Å². The molecule has 0 aliphatic heterocycles. The number of fused-ring (bicyclic) bond motifs is 1. The summed E-state index contributed by atoms with van der Waals surface area (Å²) in [6.45, 7) is 2.98. The predicted octanol–water partition coefficient (Wildman–Crippen LogP) is 4.01. The van der Waals surface area contributed by atoms with Gasteiger partial charge in [-0.05, 0) is 30.7 Å². The summed E-state index contributed by atoms with van der Waals surface area (Å²) in [5, 5.41) is 5.87. The summed E-state index contributed by atoms with van der Waals surface area (Å²) in [6, 6.07) is 15.4. The molecule has 1 heterocycles. The van der Waals surface area contributed by atoms with Crippen molar-refractivity contribution in [2.45, 2.75) is 19.9 Å². The van der Waals surface area contributed by atoms with Crippen molar-refractivity contribution < 1.29 is 4.79 Å². The highest BCUT2D eigenvalue weighted by Crippen LogP contribution is 2.19. The lowest BCUT2D eigenvalue weighted by molar-refractivity contribution is -0.120. The van der Waals surface area contributed by atoms with Gasteiger partial charge in [0, 0.05) is 34.2 Å². The van der Waals surface area contributed by atoms with Crippen molar-refractivity contribution in [3.8, 4) is 0 Å². The molecule has 0 saturated carbocycles. The molecule has 2 aromatic carbocycles. The number of benzene rings is 2. The second-order valence-electron chi connectivity index (χ2n) is 5.48. The van der Waals surface area contributed by atoms with Crippen LogP contribution in [0.3, 0.4) is 0 Å². The number of rotatable bonds is 5. The Kier molecular flexibility index (Phi) is 4.96. The van der Waals surface area contributed by atoms with Crippen LogP contribution in [-0.4, -0.2) is 16.7 Å². The minimum atomic E-state index is -0.159. The first-order chi connectivity index (χ1) is 11.7. The third kappa shape index (κ3) is 3.66. The lowest BCUT2D eigenvalue weighted by Crippen LogP contribution is -2.19. The van der Waals surface area contributed by atoms with E-state index in [9.17, 15) is 4.79 Å². The fourth-order valence-corrected chi connectivity index (χ4v) is 2.77. The van der Waals surface area contributed by atoms with E-state index in [1.165, 1.54) is 0 Å². The molecule has 0 spiro atoms. The van der Waals surface area contributed by atoms with E-state index in [2.05, 4.69) is 34.2 Å². The van der Waals surface area contributed by atoms with E-state index in [1.54, 1.807) is 18.3 Å². The van der Waals surface area contributed by atoms with Crippen molar-refractivity contribution >= 4 is 34.6 Å². The molecule has 3 rings (SSSR count). The summed E-state index contributed by atoms with van der Waals surface area (Å²) in [6.07, 6.45) is 4.00. The second-order valence-corrected chi connectivity index (χ2v) is 5.92. The molecule has 0 aliphatic rings. The Bertz CT molecular complexity index is 881. The van der Waals surface area contributed by atoms with Gasteiger partial charge < -0.3 is 4.57 Å². The maximum atomic E-state index is 11.9. The van der Waals surface area contributed by atoms with Crippen LogP contribution in [0, 0.1) is 0 Å². The zero-order valence-corrected chi connectivity index (χ0v) is 14.1. The first-order valence-electron chi connectivity index (χ1n) is 7.81. The fraction of sp³-hybridized carbons (Fsp3) is 0.158. The Morgan fingerprint density at radius 3 is 2.71 bits per heavy atom. The lowest BCUT2D eigenvalue weighted by Gasteiger charge is -2.00. The fourth-order valence-electron chi connectivity index (χ4n) is 2.64. The lowest BCUT2D eigenvalue weighted by atomic mass is 10.1. The molecule has 122 valence electrons. The molecule has 0 radical (unpaired) electrons. The molecule has 0 bridgehead atoms. The quantitative estimate of drug-likeness (QED) is 0.554. The number of hydrazone groups is 1. The van der Waals surface area contributed by atoms with E-state index < -0.39 is 0 Å². The van der Waals surface area contributed by atoms with Gasteiger partial charge in [-0.15, -0.1) is 0 Å². The molecular formula is C19H18ClN3O. The number of nitrogens with one attached hydrogen (secondary N) is 1. The van der Waals surface area contributed by atoms with Gasteiger partial charge in [-0.3, -0.25) is 4.79 Å². The average molecular weight is 340 g/mol. The molecule has 3 aromatic rings. The van der Waals surface area contributed by atoms with Gasteiger partial charge in [0.05, 0.1) is 12.6 Å². The maximum Gasteiger partial charge on any atom is 0.244 e. The van der Waals surface area contributed by atoms with Crippen molar-refractivity contribution in [3.05, 3.63) is 70.9 Å². The van der Waals surface area contributed by atoms with Crippen LogP contribution in [0.2, 0.25) is 5.02 Å². The number of aromatic nitrogens is 1. The molecule has 0 atom stereocenters. The van der Waals surface area contributed by atoms with E-state index in [1.807, 2.05) is 30.5 Å². The van der Waals surface area contributed by atoms with Gasteiger partial charge in [0.2, 0.25) is 5.91 Å². The summed E-state index contributed by atoms with van der Waals surface area (Å²) < 4.78 is 2.16. The SMILES string of the molecule is CCn1cc(/C=N\NC(=O)Cc2ccc(Cl)cc2)c2ccccc21. The Morgan fingerprint density at radius 1 is 1.21 bits per heavy atom. The highest BCUT2D eigenvalue weighted by atomic mass is 35.5. The first kappa shape index (κ1) is 16.3. The minimum absolute atomic E-state index is 0.159. The Labute approximate surface area is 145 Å². The van der Waals surface area contributed by atoms with Gasteiger partial charge in [-0.1, -0.05) is 41.9 Å². The zero-order chi connectivity index (χ0) is 16.9. The van der Waals surface area contributed by atoms with E-state index in [0.717, 1.165) is 28.6 Å². The summed E-state index contributed by atoms with van der Waals surface area (Å²) in [5.41, 5.74) is 5.62. The van der Waals surface area contributed by atoms with Crippen molar-refractivity contribution in [2.75, 3.05) is 0 Å². The van der Waals surface area contributed by atoms with Crippen LogP contribution in [0.15, 0.2) is 59.8 Å². The predicted molar refractivity (Wildman–Crippen MR) is 98.5 cm³/mol. The van der Waals surface area contributed by atoms with Crippen molar-refractivity contribution in [1.29, 1.82) is 0 Å². The standard InChI is InChI=1S/C19H18ClN3O/c1-2-23-13-15(17-5-3-4-6-18(17)23)12-21-22-19(24)11-14-7-9-16(20)10-8-14/h3-10,12-13H,2,11H2,1H3,(H,22,24)/b21-12-. The van der Waals surface area contributed by atoms with Crippen LogP contribution >= 0.6 is 11.6 Å². The molecule has 5 heteroatoms. The number of nitrogens with zero attached hydrogens (tertiary/aromatic N) is 2. The molecule has 24 heavy (non-hydrogen) atoms. The number of carbonyl (C=O) groups is 1. The monoisotopic (exact) mass is 339 g/mol. The van der Waals surface area contributed by atoms with Crippen LogP contribution in [0.1, 0.15) is 18.1 Å². The summed E-state index contributed by atoms with van der Waals surface area (Å²) >= 11 is 5.84. The van der Waals surface area contributed by atoms with Crippen LogP contribution in [-0.2, 0) is 17.8 Å². The first-order valence-corrected chi connectivity index (χ1v) is 8.19. The minimum Gasteiger partial charge on any atom is -0.347 e. The molecule has 0 saturated heterocycles. The molecule has 0 aliphatic carbocycles. The van der Waals surface area contributed by atoms with E-state index in [-0.39, 0.29) is 12.3 Å². The molecular weight excluding hydrogens is 322 g/mol. The Hall–Kier alpha value is -2.59. The van der Waals surface area contributed by atoms with Gasteiger partial charge in [0.1, 0.15) is 0 Å². The van der Waals surface area contributed by atoms with Gasteiger partial charge in [0.15, 0.2) is 0 Å². The smallest absolute Gasteiger partial charge is 0.244 e. The number of carbonyl (C=O) groups excluding carboxylic acids is 1. The van der Waals surface area contributed by atoms with E-state index >= 15 is 0 Å². The van der Waals surface area contributed by atoms with Gasteiger partial charge >= 0.3 is 0 Å². The molecule has 1 aromatic heterocycles. The van der Waals surface area contributed by atoms with Crippen LogP contribution < -0.4 is 5.43 Å². The molecule has 0 unspecified atom stereocenters. The van der Waals surface area contributed by atoms with Crippen molar-refractivity contribution in [1.82, 2.24) is 9.99 Å².